The third kappa shape index (κ3) is 5.40. The third-order valence-corrected chi connectivity index (χ3v) is 5.36. The number of rotatable bonds is 6. The Bertz CT molecular complexity index is 1020. The summed E-state index contributed by atoms with van der Waals surface area (Å²) in [6, 6.07) is 10.5. The summed E-state index contributed by atoms with van der Waals surface area (Å²) in [5, 5.41) is 1.74. The van der Waals surface area contributed by atoms with Gasteiger partial charge in [-0.1, -0.05) is 36.7 Å². The van der Waals surface area contributed by atoms with Crippen molar-refractivity contribution in [3.63, 3.8) is 0 Å². The smallest absolute Gasteiger partial charge is 0.418 e. The monoisotopic (exact) mass is 468 g/mol. The van der Waals surface area contributed by atoms with E-state index in [1.807, 2.05) is 24.4 Å². The first kappa shape index (κ1) is 23.6. The number of hydrogen-bond acceptors (Lipinski definition) is 4. The fourth-order valence-electron chi connectivity index (χ4n) is 3.34. The molecule has 10 heteroatoms. The average Bonchev–Trinajstić information content (AvgIpc) is 3.14. The molecule has 6 nitrogen and oxygen atoms in total. The molecule has 1 N–H and O–H groups in total. The molecule has 1 heterocycles. The number of halogens is 4. The fourth-order valence-corrected chi connectivity index (χ4v) is 3.57. The normalized spacial score (nSPS) is 16.2. The summed E-state index contributed by atoms with van der Waals surface area (Å²) in [6.45, 7) is 1.29. The second-order valence-electron chi connectivity index (χ2n) is 7.24. The molecule has 0 spiro atoms. The molecule has 2 amide bonds. The lowest BCUT2D eigenvalue weighted by Crippen LogP contribution is -2.28. The molecule has 0 aliphatic carbocycles. The number of benzene rings is 2. The van der Waals surface area contributed by atoms with E-state index in [1.165, 1.54) is 11.0 Å². The van der Waals surface area contributed by atoms with Gasteiger partial charge in [-0.05, 0) is 36.2 Å². The number of amides is 2. The van der Waals surface area contributed by atoms with Crippen molar-refractivity contribution in [2.75, 3.05) is 23.4 Å². The number of nitrogens with one attached hydrogen (secondary N) is 1. The molecule has 0 saturated carbocycles. The van der Waals surface area contributed by atoms with E-state index in [1.54, 1.807) is 12.1 Å². The van der Waals surface area contributed by atoms with Crippen LogP contribution in [0.4, 0.5) is 24.5 Å². The fraction of sp³-hybridized carbons (Fsp3) is 0.318. The molecule has 0 aromatic heterocycles. The first-order valence-corrected chi connectivity index (χ1v) is 10.2. The van der Waals surface area contributed by atoms with Crippen LogP contribution in [0.3, 0.4) is 0 Å². The highest BCUT2D eigenvalue weighted by Crippen LogP contribution is 2.38. The maximum Gasteiger partial charge on any atom is 0.418 e. The minimum absolute atomic E-state index is 0.0846. The number of anilines is 2. The molecular weight excluding hydrogens is 449 g/mol. The van der Waals surface area contributed by atoms with Crippen LogP contribution in [0.25, 0.3) is 0 Å². The summed E-state index contributed by atoms with van der Waals surface area (Å²) in [7, 11) is 0. The van der Waals surface area contributed by atoms with Crippen LogP contribution in [0.15, 0.2) is 42.5 Å². The van der Waals surface area contributed by atoms with E-state index in [0.29, 0.717) is 5.69 Å². The Morgan fingerprint density at radius 3 is 2.50 bits per heavy atom. The van der Waals surface area contributed by atoms with E-state index in [2.05, 4.69) is 0 Å². The van der Waals surface area contributed by atoms with E-state index in [0.717, 1.165) is 24.1 Å². The number of aryl methyl sites for hydroxylation is 1. The number of para-hydroxylation sites is 1. The lowest BCUT2D eigenvalue weighted by atomic mass is 10.1. The van der Waals surface area contributed by atoms with Gasteiger partial charge in [-0.3, -0.25) is 14.4 Å². The Balaban J connectivity index is 1.58. The van der Waals surface area contributed by atoms with Crippen molar-refractivity contribution < 1.29 is 32.3 Å². The highest BCUT2D eigenvalue weighted by atomic mass is 35.5. The molecule has 1 fully saturated rings. The van der Waals surface area contributed by atoms with E-state index < -0.39 is 41.8 Å². The second kappa shape index (κ2) is 9.60. The standard InChI is InChI=1S/C22H20ClF3N2O4/c1-2-13-6-8-15(9-7-13)28-11-14(10-19(28)30)21(31)32-12-18(29)27-20-16(22(24,25)26)4-3-5-17(20)23/h3-9,14H,2,10-12H2,1H3,(H,27,29). The molecule has 32 heavy (non-hydrogen) atoms. The molecule has 1 atom stereocenters. The minimum atomic E-state index is -4.73. The van der Waals surface area contributed by atoms with Crippen LogP contribution in [0, 0.1) is 5.92 Å². The predicted molar refractivity (Wildman–Crippen MR) is 112 cm³/mol. The molecule has 1 aliphatic rings. The Hall–Kier alpha value is -3.07. The highest BCUT2D eigenvalue weighted by Gasteiger charge is 2.37. The minimum Gasteiger partial charge on any atom is -0.455 e. The van der Waals surface area contributed by atoms with Gasteiger partial charge in [0, 0.05) is 18.7 Å². The number of esters is 1. The Morgan fingerprint density at radius 1 is 1.19 bits per heavy atom. The first-order valence-electron chi connectivity index (χ1n) is 9.81. The maximum atomic E-state index is 13.1. The van der Waals surface area contributed by atoms with Crippen molar-refractivity contribution in [1.82, 2.24) is 0 Å². The van der Waals surface area contributed by atoms with Gasteiger partial charge in [0.1, 0.15) is 0 Å². The van der Waals surface area contributed by atoms with Gasteiger partial charge in [-0.15, -0.1) is 0 Å². The van der Waals surface area contributed by atoms with Crippen LogP contribution < -0.4 is 10.2 Å². The topological polar surface area (TPSA) is 75.7 Å². The summed E-state index contributed by atoms with van der Waals surface area (Å²) in [5.74, 6) is -2.80. The van der Waals surface area contributed by atoms with Crippen molar-refractivity contribution in [2.24, 2.45) is 5.92 Å². The largest absolute Gasteiger partial charge is 0.455 e. The maximum absolute atomic E-state index is 13.1. The molecule has 3 rings (SSSR count). The number of ether oxygens (including phenoxy) is 1. The van der Waals surface area contributed by atoms with Gasteiger partial charge in [0.2, 0.25) is 5.91 Å². The van der Waals surface area contributed by atoms with E-state index in [4.69, 9.17) is 16.3 Å². The second-order valence-corrected chi connectivity index (χ2v) is 7.65. The lowest BCUT2D eigenvalue weighted by molar-refractivity contribution is -0.151. The van der Waals surface area contributed by atoms with Crippen molar-refractivity contribution >= 4 is 40.8 Å². The van der Waals surface area contributed by atoms with Crippen molar-refractivity contribution in [1.29, 1.82) is 0 Å². The predicted octanol–water partition coefficient (Wildman–Crippen LogP) is 4.46. The molecule has 1 aliphatic heterocycles. The molecule has 2 aromatic carbocycles. The zero-order valence-electron chi connectivity index (χ0n) is 17.0. The average molecular weight is 469 g/mol. The van der Waals surface area contributed by atoms with Gasteiger partial charge in [-0.25, -0.2) is 0 Å². The van der Waals surface area contributed by atoms with Gasteiger partial charge in [0.15, 0.2) is 6.61 Å². The number of alkyl halides is 3. The van der Waals surface area contributed by atoms with Crippen LogP contribution in [0.1, 0.15) is 24.5 Å². The summed E-state index contributed by atoms with van der Waals surface area (Å²) in [4.78, 5) is 38.2. The summed E-state index contributed by atoms with van der Waals surface area (Å²) >= 11 is 5.79. The zero-order chi connectivity index (χ0) is 23.5. The quantitative estimate of drug-likeness (QED) is 0.635. The molecule has 0 bridgehead atoms. The Labute approximate surface area is 187 Å². The van der Waals surface area contributed by atoms with Gasteiger partial charge in [0.05, 0.1) is 22.2 Å². The van der Waals surface area contributed by atoms with Gasteiger partial charge < -0.3 is 15.0 Å². The summed E-state index contributed by atoms with van der Waals surface area (Å²) in [5.41, 5.74) is 0.0319. The van der Waals surface area contributed by atoms with Crippen molar-refractivity contribution in [3.8, 4) is 0 Å². The van der Waals surface area contributed by atoms with Crippen LogP contribution in [-0.4, -0.2) is 30.9 Å². The summed E-state index contributed by atoms with van der Waals surface area (Å²) < 4.78 is 44.3. The molecule has 1 unspecified atom stereocenters. The molecule has 170 valence electrons. The van der Waals surface area contributed by atoms with Crippen LogP contribution >= 0.6 is 11.6 Å². The third-order valence-electron chi connectivity index (χ3n) is 5.04. The van der Waals surface area contributed by atoms with E-state index in [-0.39, 0.29) is 23.9 Å². The van der Waals surface area contributed by atoms with Crippen molar-refractivity contribution in [2.45, 2.75) is 25.9 Å². The van der Waals surface area contributed by atoms with Crippen LogP contribution in [0.5, 0.6) is 0 Å². The van der Waals surface area contributed by atoms with E-state index in [9.17, 15) is 27.6 Å². The van der Waals surface area contributed by atoms with Gasteiger partial charge in [0.25, 0.3) is 5.91 Å². The molecule has 0 radical (unpaired) electrons. The molecular formula is C22H20ClF3N2O4. The first-order chi connectivity index (χ1) is 15.1. The SMILES string of the molecule is CCc1ccc(N2CC(C(=O)OCC(=O)Nc3c(Cl)cccc3C(F)(F)F)CC2=O)cc1. The van der Waals surface area contributed by atoms with Gasteiger partial charge in [-0.2, -0.15) is 13.2 Å². The Morgan fingerprint density at radius 2 is 1.88 bits per heavy atom. The molecule has 2 aromatic rings. The van der Waals surface area contributed by atoms with Crippen LogP contribution in [-0.2, 0) is 31.7 Å². The number of nitrogens with zero attached hydrogens (tertiary/aromatic N) is 1. The zero-order valence-corrected chi connectivity index (χ0v) is 17.8. The molecule has 1 saturated heterocycles. The lowest BCUT2D eigenvalue weighted by Gasteiger charge is -2.17. The van der Waals surface area contributed by atoms with E-state index >= 15 is 0 Å². The number of carbonyl (C=O) groups is 3. The van der Waals surface area contributed by atoms with Crippen LogP contribution in [0.2, 0.25) is 5.02 Å². The number of carbonyl (C=O) groups excluding carboxylic acids is 3. The highest BCUT2D eigenvalue weighted by molar-refractivity contribution is 6.34. The van der Waals surface area contributed by atoms with Gasteiger partial charge >= 0.3 is 12.1 Å². The number of hydrogen-bond donors (Lipinski definition) is 1. The van der Waals surface area contributed by atoms with Crippen molar-refractivity contribution in [3.05, 3.63) is 58.6 Å². The Kier molecular flexibility index (Phi) is 7.08. The summed E-state index contributed by atoms with van der Waals surface area (Å²) in [6.07, 6.45) is -3.96.